The highest BCUT2D eigenvalue weighted by Gasteiger charge is 2.14. The summed E-state index contributed by atoms with van der Waals surface area (Å²) < 4.78 is 17.5. The summed E-state index contributed by atoms with van der Waals surface area (Å²) in [6, 6.07) is 15.8. The van der Waals surface area contributed by atoms with E-state index in [9.17, 15) is 9.59 Å². The zero-order valence-electron chi connectivity index (χ0n) is 17.5. The van der Waals surface area contributed by atoms with Gasteiger partial charge in [-0.05, 0) is 50.2 Å². The first kappa shape index (κ1) is 22.0. The van der Waals surface area contributed by atoms with Gasteiger partial charge in [-0.1, -0.05) is 18.2 Å². The van der Waals surface area contributed by atoms with Crippen LogP contribution < -0.4 is 10.1 Å². The predicted octanol–water partition coefficient (Wildman–Crippen LogP) is 3.72. The third-order valence-electron chi connectivity index (χ3n) is 4.26. The maximum absolute atomic E-state index is 12.8. The van der Waals surface area contributed by atoms with E-state index in [1.807, 2.05) is 19.1 Å². The summed E-state index contributed by atoms with van der Waals surface area (Å²) in [5, 5.41) is 7.12. The lowest BCUT2D eigenvalue weighted by Crippen LogP contribution is -2.15. The second-order valence-electron chi connectivity index (χ2n) is 6.41. The average Bonchev–Trinajstić information content (AvgIpc) is 3.28. The Balaban J connectivity index is 1.72. The van der Waals surface area contributed by atoms with Gasteiger partial charge in [-0.15, -0.1) is 0 Å². The summed E-state index contributed by atoms with van der Waals surface area (Å²) in [4.78, 5) is 24.7. The molecule has 1 heterocycles. The van der Waals surface area contributed by atoms with Crippen molar-refractivity contribution in [1.29, 1.82) is 0 Å². The van der Waals surface area contributed by atoms with Crippen LogP contribution in [0.1, 0.15) is 34.7 Å². The van der Waals surface area contributed by atoms with Crippen LogP contribution in [0.25, 0.3) is 5.69 Å². The van der Waals surface area contributed by atoms with Crippen molar-refractivity contribution in [2.45, 2.75) is 13.8 Å². The number of nitrogens with one attached hydrogen (secondary N) is 1. The van der Waals surface area contributed by atoms with Crippen LogP contribution in [0.4, 0.5) is 5.69 Å². The van der Waals surface area contributed by atoms with Crippen LogP contribution in [0.3, 0.4) is 0 Å². The average molecular weight is 423 g/mol. The van der Waals surface area contributed by atoms with Gasteiger partial charge in [-0.3, -0.25) is 4.79 Å². The van der Waals surface area contributed by atoms with Gasteiger partial charge in [0.25, 0.3) is 5.91 Å². The number of benzene rings is 2. The molecular weight excluding hydrogens is 398 g/mol. The zero-order valence-corrected chi connectivity index (χ0v) is 17.5. The molecule has 0 saturated carbocycles. The molecule has 3 rings (SSSR count). The minimum Gasteiger partial charge on any atom is -0.490 e. The van der Waals surface area contributed by atoms with Gasteiger partial charge in [0, 0.05) is 18.5 Å². The second-order valence-corrected chi connectivity index (χ2v) is 6.41. The maximum Gasteiger partial charge on any atom is 0.358 e. The quantitative estimate of drug-likeness (QED) is 0.395. The van der Waals surface area contributed by atoms with E-state index in [2.05, 4.69) is 10.4 Å². The lowest BCUT2D eigenvalue weighted by Gasteiger charge is -2.12. The molecule has 1 amide bonds. The van der Waals surface area contributed by atoms with Gasteiger partial charge in [0.05, 0.1) is 24.5 Å². The number of anilines is 1. The van der Waals surface area contributed by atoms with Gasteiger partial charge in [0.1, 0.15) is 12.4 Å². The number of ether oxygens (including phenoxy) is 3. The molecule has 3 aromatic rings. The van der Waals surface area contributed by atoms with E-state index in [0.717, 1.165) is 0 Å². The third-order valence-corrected chi connectivity index (χ3v) is 4.26. The predicted molar refractivity (Wildman–Crippen MR) is 116 cm³/mol. The summed E-state index contributed by atoms with van der Waals surface area (Å²) in [6.45, 7) is 5.35. The molecule has 31 heavy (non-hydrogen) atoms. The van der Waals surface area contributed by atoms with Crippen molar-refractivity contribution in [3.63, 3.8) is 0 Å². The molecule has 1 aromatic heterocycles. The number of rotatable bonds is 10. The largest absolute Gasteiger partial charge is 0.490 e. The lowest BCUT2D eigenvalue weighted by atomic mass is 10.2. The SMILES string of the molecule is CCOCCOc1ccccc1C(=O)Nc1cccc(-n2ccc(C(=O)OCC)n2)c1. The van der Waals surface area contributed by atoms with Crippen molar-refractivity contribution in [1.82, 2.24) is 9.78 Å². The molecule has 0 aliphatic heterocycles. The molecule has 0 unspecified atom stereocenters. The fraction of sp³-hybridized carbons (Fsp3) is 0.261. The number of para-hydroxylation sites is 1. The fourth-order valence-electron chi connectivity index (χ4n) is 2.84. The lowest BCUT2D eigenvalue weighted by molar-refractivity contribution is 0.0519. The standard InChI is InChI=1S/C23H25N3O5/c1-3-29-14-15-31-21-11-6-5-10-19(21)22(27)24-17-8-7-9-18(16-17)26-13-12-20(25-26)23(28)30-4-2/h5-13,16H,3-4,14-15H2,1-2H3,(H,24,27). The van der Waals surface area contributed by atoms with Crippen LogP contribution in [0.5, 0.6) is 5.75 Å². The number of carbonyl (C=O) groups is 2. The van der Waals surface area contributed by atoms with Crippen LogP contribution in [0.15, 0.2) is 60.8 Å². The van der Waals surface area contributed by atoms with Crippen LogP contribution >= 0.6 is 0 Å². The second kappa shape index (κ2) is 10.9. The molecule has 0 fully saturated rings. The van der Waals surface area contributed by atoms with Crippen molar-refractivity contribution >= 4 is 17.6 Å². The molecule has 0 radical (unpaired) electrons. The van der Waals surface area contributed by atoms with Crippen LogP contribution in [0, 0.1) is 0 Å². The van der Waals surface area contributed by atoms with E-state index in [1.165, 1.54) is 0 Å². The summed E-state index contributed by atoms with van der Waals surface area (Å²) in [6.07, 6.45) is 1.66. The first-order valence-electron chi connectivity index (χ1n) is 10.1. The van der Waals surface area contributed by atoms with Crippen LogP contribution in [-0.2, 0) is 9.47 Å². The number of hydrogen-bond acceptors (Lipinski definition) is 6. The molecule has 0 spiro atoms. The monoisotopic (exact) mass is 423 g/mol. The molecule has 0 atom stereocenters. The number of esters is 1. The van der Waals surface area contributed by atoms with Crippen molar-refractivity contribution in [2.75, 3.05) is 31.7 Å². The van der Waals surface area contributed by atoms with Crippen LogP contribution in [-0.4, -0.2) is 48.1 Å². The normalized spacial score (nSPS) is 10.5. The molecule has 0 aliphatic carbocycles. The molecule has 2 aromatic carbocycles. The van der Waals surface area contributed by atoms with Gasteiger partial charge < -0.3 is 19.5 Å². The van der Waals surface area contributed by atoms with Gasteiger partial charge in [-0.2, -0.15) is 5.10 Å². The molecule has 8 nitrogen and oxygen atoms in total. The van der Waals surface area contributed by atoms with Gasteiger partial charge in [-0.25, -0.2) is 9.48 Å². The highest BCUT2D eigenvalue weighted by atomic mass is 16.5. The third kappa shape index (κ3) is 5.93. The van der Waals surface area contributed by atoms with Gasteiger partial charge in [0.15, 0.2) is 5.69 Å². The first-order valence-corrected chi connectivity index (χ1v) is 10.1. The summed E-state index contributed by atoms with van der Waals surface area (Å²) in [5.41, 5.74) is 1.91. The Bertz CT molecular complexity index is 1030. The Hall–Kier alpha value is -3.65. The Labute approximate surface area is 180 Å². The van der Waals surface area contributed by atoms with E-state index in [1.54, 1.807) is 60.3 Å². The number of carbonyl (C=O) groups excluding carboxylic acids is 2. The minimum absolute atomic E-state index is 0.217. The topological polar surface area (TPSA) is 91.7 Å². The highest BCUT2D eigenvalue weighted by molar-refractivity contribution is 6.06. The Kier molecular flexibility index (Phi) is 7.78. The number of nitrogens with zero attached hydrogens (tertiary/aromatic N) is 2. The zero-order chi connectivity index (χ0) is 22.1. The molecule has 8 heteroatoms. The summed E-state index contributed by atoms with van der Waals surface area (Å²) >= 11 is 0. The number of amides is 1. The fourth-order valence-corrected chi connectivity index (χ4v) is 2.84. The van der Waals surface area contributed by atoms with E-state index in [4.69, 9.17) is 14.2 Å². The Morgan fingerprint density at radius 1 is 1.00 bits per heavy atom. The van der Waals surface area contributed by atoms with E-state index in [0.29, 0.717) is 42.5 Å². The van der Waals surface area contributed by atoms with Crippen molar-refractivity contribution < 1.29 is 23.8 Å². The highest BCUT2D eigenvalue weighted by Crippen LogP contribution is 2.21. The first-order chi connectivity index (χ1) is 15.1. The van der Waals surface area contributed by atoms with Crippen molar-refractivity contribution in [3.8, 4) is 11.4 Å². The van der Waals surface area contributed by atoms with Crippen molar-refractivity contribution in [3.05, 3.63) is 72.1 Å². The molecular formula is C23H25N3O5. The Morgan fingerprint density at radius 3 is 2.65 bits per heavy atom. The van der Waals surface area contributed by atoms with Gasteiger partial charge >= 0.3 is 5.97 Å². The van der Waals surface area contributed by atoms with E-state index >= 15 is 0 Å². The van der Waals surface area contributed by atoms with Crippen LogP contribution in [0.2, 0.25) is 0 Å². The van der Waals surface area contributed by atoms with E-state index in [-0.39, 0.29) is 18.2 Å². The molecule has 1 N–H and O–H groups in total. The maximum atomic E-state index is 12.8. The molecule has 0 bridgehead atoms. The van der Waals surface area contributed by atoms with Crippen molar-refractivity contribution in [2.24, 2.45) is 0 Å². The van der Waals surface area contributed by atoms with E-state index < -0.39 is 5.97 Å². The number of hydrogen-bond donors (Lipinski definition) is 1. The van der Waals surface area contributed by atoms with Gasteiger partial charge in [0.2, 0.25) is 0 Å². The number of aromatic nitrogens is 2. The molecule has 0 saturated heterocycles. The Morgan fingerprint density at radius 2 is 1.84 bits per heavy atom. The minimum atomic E-state index is -0.480. The molecule has 162 valence electrons. The smallest absolute Gasteiger partial charge is 0.358 e. The summed E-state index contributed by atoms with van der Waals surface area (Å²) in [7, 11) is 0. The molecule has 0 aliphatic rings. The summed E-state index contributed by atoms with van der Waals surface area (Å²) in [5.74, 6) is -0.287.